The van der Waals surface area contributed by atoms with Crippen LogP contribution in [0.4, 0.5) is 5.95 Å². The van der Waals surface area contributed by atoms with E-state index in [2.05, 4.69) is 47.1 Å². The lowest BCUT2D eigenvalue weighted by molar-refractivity contribution is 0.269. The van der Waals surface area contributed by atoms with Gasteiger partial charge in [-0.3, -0.25) is 9.67 Å². The molecule has 4 aromatic heterocycles. The number of aliphatic hydroxyl groups is 1. The topological polar surface area (TPSA) is 154 Å². The number of rotatable bonds is 6. The Labute approximate surface area is 195 Å². The van der Waals surface area contributed by atoms with E-state index in [4.69, 9.17) is 5.11 Å². The minimum absolute atomic E-state index is 0.0236. The van der Waals surface area contributed by atoms with Crippen LogP contribution in [-0.4, -0.2) is 52.0 Å². The zero-order chi connectivity index (χ0) is 23.5. The first kappa shape index (κ1) is 21.5. The second kappa shape index (κ2) is 9.25. The third kappa shape index (κ3) is 4.05. The van der Waals surface area contributed by atoms with Gasteiger partial charge in [-0.25, -0.2) is 15.0 Å². The van der Waals surface area contributed by atoms with Crippen molar-refractivity contribution in [2.24, 2.45) is 0 Å². The van der Waals surface area contributed by atoms with Crippen molar-refractivity contribution in [2.75, 3.05) is 11.9 Å². The number of nitrogens with one attached hydrogen (secondary N) is 1. The Morgan fingerprint density at radius 2 is 1.97 bits per heavy atom. The number of aromatic nitrogens is 7. The van der Waals surface area contributed by atoms with Gasteiger partial charge in [0.15, 0.2) is 0 Å². The molecule has 1 saturated carbocycles. The maximum Gasteiger partial charge on any atom is 0.223 e. The van der Waals surface area contributed by atoms with E-state index >= 15 is 0 Å². The highest BCUT2D eigenvalue weighted by molar-refractivity contribution is 5.80. The summed E-state index contributed by atoms with van der Waals surface area (Å²) >= 11 is 0. The van der Waals surface area contributed by atoms with Crippen LogP contribution in [0.5, 0.6) is 0 Å². The second-order valence-electron chi connectivity index (χ2n) is 8.26. The fourth-order valence-electron chi connectivity index (χ4n) is 4.54. The van der Waals surface area contributed by atoms with E-state index in [1.807, 2.05) is 0 Å². The van der Waals surface area contributed by atoms with Crippen molar-refractivity contribution in [1.29, 1.82) is 10.5 Å². The first-order valence-corrected chi connectivity index (χ1v) is 11.1. The van der Waals surface area contributed by atoms with Gasteiger partial charge in [0.05, 0.1) is 60.4 Å². The maximum atomic E-state index is 9.52. The smallest absolute Gasteiger partial charge is 0.223 e. The minimum atomic E-state index is -0.0236. The Morgan fingerprint density at radius 3 is 2.79 bits per heavy atom. The number of pyridine rings is 1. The van der Waals surface area contributed by atoms with E-state index in [0.717, 1.165) is 36.7 Å². The van der Waals surface area contributed by atoms with Gasteiger partial charge >= 0.3 is 0 Å². The molecule has 11 heteroatoms. The molecule has 34 heavy (non-hydrogen) atoms. The van der Waals surface area contributed by atoms with Crippen LogP contribution in [0.2, 0.25) is 0 Å². The van der Waals surface area contributed by atoms with E-state index in [9.17, 15) is 10.5 Å². The van der Waals surface area contributed by atoms with E-state index in [0.29, 0.717) is 34.9 Å². The number of hydrogen-bond donors (Lipinski definition) is 2. The normalized spacial score (nSPS) is 17.9. The number of anilines is 1. The van der Waals surface area contributed by atoms with Crippen molar-refractivity contribution in [3.05, 3.63) is 48.4 Å². The van der Waals surface area contributed by atoms with Crippen molar-refractivity contribution < 1.29 is 5.11 Å². The molecule has 1 aliphatic rings. The van der Waals surface area contributed by atoms with E-state index in [1.54, 1.807) is 35.8 Å². The number of aliphatic hydroxyl groups excluding tert-OH is 1. The predicted octanol–water partition coefficient (Wildman–Crippen LogP) is 2.42. The number of hydrogen-bond acceptors (Lipinski definition) is 9. The molecule has 11 nitrogen and oxygen atoms in total. The van der Waals surface area contributed by atoms with Gasteiger partial charge in [-0.15, -0.1) is 0 Å². The largest absolute Gasteiger partial charge is 0.394 e. The maximum absolute atomic E-state index is 9.52. The van der Waals surface area contributed by atoms with Crippen LogP contribution in [0, 0.1) is 22.7 Å². The zero-order valence-electron chi connectivity index (χ0n) is 18.3. The van der Waals surface area contributed by atoms with Crippen LogP contribution in [0.1, 0.15) is 42.9 Å². The number of fused-ring (bicyclic) bond motifs is 1. The van der Waals surface area contributed by atoms with Crippen molar-refractivity contribution in [3.63, 3.8) is 0 Å². The van der Waals surface area contributed by atoms with Crippen LogP contribution in [-0.2, 0) is 6.54 Å². The summed E-state index contributed by atoms with van der Waals surface area (Å²) in [7, 11) is 0. The molecule has 0 unspecified atom stereocenters. The zero-order valence-corrected chi connectivity index (χ0v) is 18.3. The fraction of sp³-hybridized carbons (Fsp3) is 0.348. The van der Waals surface area contributed by atoms with Crippen molar-refractivity contribution in [1.82, 2.24) is 34.3 Å². The molecule has 0 spiro atoms. The van der Waals surface area contributed by atoms with Gasteiger partial charge in [-0.2, -0.15) is 15.6 Å². The molecular weight excluding hydrogens is 432 g/mol. The molecule has 4 aromatic rings. The van der Waals surface area contributed by atoms with E-state index in [1.165, 1.54) is 6.20 Å². The Kier molecular flexibility index (Phi) is 5.85. The molecule has 0 aromatic carbocycles. The highest BCUT2D eigenvalue weighted by atomic mass is 16.3. The van der Waals surface area contributed by atoms with Gasteiger partial charge in [0, 0.05) is 30.0 Å². The number of imidazole rings is 1. The second-order valence-corrected chi connectivity index (χ2v) is 8.26. The summed E-state index contributed by atoms with van der Waals surface area (Å²) in [5.41, 5.74) is 3.61. The highest BCUT2D eigenvalue weighted by Gasteiger charge is 2.26. The SMILES string of the molecule is N#Cc1cnc(N[C@@H]2CCC[C@H](n3cnc4cncc(C#N)c43)C2)nc1-c1cnn(CCO)c1. The average Bonchev–Trinajstić information content (AvgIpc) is 3.52. The van der Waals surface area contributed by atoms with Crippen molar-refractivity contribution in [3.8, 4) is 23.4 Å². The summed E-state index contributed by atoms with van der Waals surface area (Å²) in [6, 6.07) is 4.67. The molecule has 0 bridgehead atoms. The molecule has 2 N–H and O–H groups in total. The third-order valence-electron chi connectivity index (χ3n) is 6.12. The lowest BCUT2D eigenvalue weighted by atomic mass is 9.90. The molecule has 1 fully saturated rings. The Hall–Kier alpha value is -4.35. The summed E-state index contributed by atoms with van der Waals surface area (Å²) in [5, 5.41) is 35.8. The highest BCUT2D eigenvalue weighted by Crippen LogP contribution is 2.33. The Balaban J connectivity index is 1.38. The standard InChI is InChI=1S/C23H22N10O/c24-7-15-10-27-23(31-21(15)17-11-29-32(13-17)4-5-34)30-18-2-1-3-19(6-18)33-14-28-20-12-26-9-16(8-25)22(20)33/h9-14,18-19,34H,1-6H2,(H,27,30,31)/t18-,19+/m1/s1. The van der Waals surface area contributed by atoms with Crippen LogP contribution < -0.4 is 5.32 Å². The van der Waals surface area contributed by atoms with Gasteiger partial charge in [0.25, 0.3) is 0 Å². The third-order valence-corrected chi connectivity index (χ3v) is 6.12. The van der Waals surface area contributed by atoms with Crippen molar-refractivity contribution >= 4 is 17.0 Å². The Bertz CT molecular complexity index is 1410. The molecule has 0 saturated heterocycles. The van der Waals surface area contributed by atoms with E-state index < -0.39 is 0 Å². The number of nitrogens with zero attached hydrogens (tertiary/aromatic N) is 9. The summed E-state index contributed by atoms with van der Waals surface area (Å²) < 4.78 is 3.70. The van der Waals surface area contributed by atoms with Gasteiger partial charge in [0.2, 0.25) is 5.95 Å². The molecule has 4 heterocycles. The first-order valence-electron chi connectivity index (χ1n) is 11.1. The summed E-state index contributed by atoms with van der Waals surface area (Å²) in [5.74, 6) is 0.451. The quantitative estimate of drug-likeness (QED) is 0.447. The molecule has 2 atom stereocenters. The molecule has 0 radical (unpaired) electrons. The van der Waals surface area contributed by atoms with Gasteiger partial charge in [-0.05, 0) is 25.7 Å². The average molecular weight is 454 g/mol. The summed E-state index contributed by atoms with van der Waals surface area (Å²) in [6.07, 6.45) is 13.7. The van der Waals surface area contributed by atoms with Crippen LogP contribution in [0.15, 0.2) is 37.3 Å². The molecule has 170 valence electrons. The monoisotopic (exact) mass is 454 g/mol. The molecule has 1 aliphatic carbocycles. The Morgan fingerprint density at radius 1 is 1.09 bits per heavy atom. The lowest BCUT2D eigenvalue weighted by Gasteiger charge is -2.31. The summed E-state index contributed by atoms with van der Waals surface area (Å²) in [4.78, 5) is 17.5. The molecular formula is C23H22N10O. The molecule has 5 rings (SSSR count). The number of nitriles is 2. The van der Waals surface area contributed by atoms with Crippen LogP contribution in [0.25, 0.3) is 22.3 Å². The van der Waals surface area contributed by atoms with Gasteiger partial charge in [-0.1, -0.05) is 0 Å². The minimum Gasteiger partial charge on any atom is -0.394 e. The van der Waals surface area contributed by atoms with E-state index in [-0.39, 0.29) is 18.7 Å². The molecule has 0 aliphatic heterocycles. The first-order chi connectivity index (χ1) is 16.7. The lowest BCUT2D eigenvalue weighted by Crippen LogP contribution is -2.29. The molecule has 0 amide bonds. The fourth-order valence-corrected chi connectivity index (χ4v) is 4.54. The van der Waals surface area contributed by atoms with Crippen LogP contribution in [0.3, 0.4) is 0 Å². The van der Waals surface area contributed by atoms with Gasteiger partial charge < -0.3 is 15.0 Å². The van der Waals surface area contributed by atoms with Crippen LogP contribution >= 0.6 is 0 Å². The predicted molar refractivity (Wildman–Crippen MR) is 122 cm³/mol. The van der Waals surface area contributed by atoms with Crippen molar-refractivity contribution in [2.45, 2.75) is 44.3 Å². The van der Waals surface area contributed by atoms with Gasteiger partial charge in [0.1, 0.15) is 17.7 Å². The summed E-state index contributed by atoms with van der Waals surface area (Å²) in [6.45, 7) is 0.346.